The number of hydrogen-bond acceptors (Lipinski definition) is 8. The first-order valence-corrected chi connectivity index (χ1v) is 13.5. The van der Waals surface area contributed by atoms with Gasteiger partial charge >= 0.3 is 0 Å². The highest BCUT2D eigenvalue weighted by atomic mass is 32.2. The predicted molar refractivity (Wildman–Crippen MR) is 133 cm³/mol. The molecule has 36 heavy (non-hydrogen) atoms. The number of fused-ring (bicyclic) bond motifs is 1. The number of sulfonamides is 1. The first-order valence-electron chi connectivity index (χ1n) is 12.0. The van der Waals surface area contributed by atoms with Crippen LogP contribution in [-0.2, 0) is 19.6 Å². The van der Waals surface area contributed by atoms with Crippen LogP contribution in [0.2, 0.25) is 0 Å². The molecule has 2 amide bonds. The Morgan fingerprint density at radius 3 is 2.72 bits per heavy atom. The van der Waals surface area contributed by atoms with Gasteiger partial charge in [0.2, 0.25) is 21.8 Å². The van der Waals surface area contributed by atoms with E-state index in [1.54, 1.807) is 19.4 Å². The molecule has 0 unspecified atom stereocenters. The Hall–Kier alpha value is -3.18. The van der Waals surface area contributed by atoms with Gasteiger partial charge in [-0.2, -0.15) is 0 Å². The lowest BCUT2D eigenvalue weighted by molar-refractivity contribution is -0.131. The van der Waals surface area contributed by atoms with Crippen molar-refractivity contribution >= 4 is 32.6 Å². The van der Waals surface area contributed by atoms with Crippen molar-refractivity contribution in [1.82, 2.24) is 19.9 Å². The molecule has 1 aromatic carbocycles. The molecule has 2 N–H and O–H groups in total. The molecule has 4 atom stereocenters. The molecule has 1 aliphatic heterocycles. The Balaban J connectivity index is 1.27. The second-order valence-corrected chi connectivity index (χ2v) is 11.8. The Bertz CT molecular complexity index is 1330. The second-order valence-electron chi connectivity index (χ2n) is 9.82. The topological polar surface area (TPSA) is 127 Å². The van der Waals surface area contributed by atoms with Crippen molar-refractivity contribution in [2.75, 3.05) is 20.7 Å². The van der Waals surface area contributed by atoms with E-state index in [4.69, 9.17) is 9.47 Å². The number of rotatable bonds is 9. The zero-order valence-corrected chi connectivity index (χ0v) is 21.1. The average Bonchev–Trinajstić information content (AvgIpc) is 3.76. The summed E-state index contributed by atoms with van der Waals surface area (Å²) >= 11 is 0. The van der Waals surface area contributed by atoms with Crippen LogP contribution in [0.5, 0.6) is 11.6 Å². The molecule has 192 valence electrons. The Kier molecular flexibility index (Phi) is 6.16. The maximum absolute atomic E-state index is 13.3. The maximum Gasteiger partial charge on any atom is 0.259 e. The number of aromatic nitrogens is 1. The number of methoxy groups -OCH3 is 1. The zero-order chi connectivity index (χ0) is 25.7. The highest BCUT2D eigenvalue weighted by Gasteiger charge is 2.61. The van der Waals surface area contributed by atoms with Crippen LogP contribution in [0.3, 0.4) is 0 Å². The highest BCUT2D eigenvalue weighted by Crippen LogP contribution is 2.45. The molecule has 1 saturated heterocycles. The van der Waals surface area contributed by atoms with Gasteiger partial charge in [-0.05, 0) is 56.0 Å². The summed E-state index contributed by atoms with van der Waals surface area (Å²) in [5.41, 5.74) is -1.29. The summed E-state index contributed by atoms with van der Waals surface area (Å²) in [4.78, 5) is 32.5. The minimum Gasteiger partial charge on any atom is -0.497 e. The van der Waals surface area contributed by atoms with Gasteiger partial charge in [0, 0.05) is 30.5 Å². The molecule has 0 radical (unpaired) electrons. The first kappa shape index (κ1) is 24.5. The number of likely N-dealkylation sites (tertiary alicyclic amines) is 1. The van der Waals surface area contributed by atoms with Crippen LogP contribution in [0, 0.1) is 5.92 Å². The van der Waals surface area contributed by atoms with Crippen molar-refractivity contribution in [2.24, 2.45) is 5.92 Å². The van der Waals surface area contributed by atoms with E-state index < -0.39 is 32.8 Å². The maximum atomic E-state index is 13.3. The number of likely N-dealkylation sites (N-methyl/N-ethyl adjacent to an activating group) is 1. The highest BCUT2D eigenvalue weighted by molar-refractivity contribution is 7.91. The monoisotopic (exact) mass is 514 g/mol. The first-order chi connectivity index (χ1) is 17.2. The smallest absolute Gasteiger partial charge is 0.259 e. The second kappa shape index (κ2) is 9.04. The summed E-state index contributed by atoms with van der Waals surface area (Å²) in [5, 5.41) is 4.08. The number of pyridine rings is 1. The van der Waals surface area contributed by atoms with Gasteiger partial charge in [-0.25, -0.2) is 13.4 Å². The van der Waals surface area contributed by atoms with Gasteiger partial charge in [0.1, 0.15) is 17.4 Å². The van der Waals surface area contributed by atoms with E-state index in [1.807, 2.05) is 36.2 Å². The standard InChI is InChI=1S/C25H30N4O6S/c1-4-16-13-25(16,24(31)28-36(32,33)19-6-7-19)27-22(30)21-12-18(14-29(21)2)35-23-20-8-5-17(34-3)11-15(20)9-10-26-23/h4-5,8-11,16,18-19,21H,1,6-7,12-14H2,2-3H3,(H,27,30)(H,28,31)/t16-,18-,21+,25-/m1/s1. The van der Waals surface area contributed by atoms with Crippen LogP contribution in [0.1, 0.15) is 25.7 Å². The molecule has 3 fully saturated rings. The molecule has 5 rings (SSSR count). The number of benzene rings is 1. The molecular formula is C25H30N4O6S. The van der Waals surface area contributed by atoms with E-state index in [2.05, 4.69) is 21.6 Å². The minimum atomic E-state index is -3.72. The van der Waals surface area contributed by atoms with Gasteiger partial charge in [0.15, 0.2) is 0 Å². The van der Waals surface area contributed by atoms with Gasteiger partial charge < -0.3 is 14.8 Å². The Labute approximate surface area is 210 Å². The number of carbonyl (C=O) groups is 2. The fraction of sp³-hybridized carbons (Fsp3) is 0.480. The molecule has 2 aliphatic carbocycles. The van der Waals surface area contributed by atoms with E-state index in [9.17, 15) is 18.0 Å². The summed E-state index contributed by atoms with van der Waals surface area (Å²) in [6, 6.07) is 6.97. The molecule has 1 aromatic heterocycles. The third kappa shape index (κ3) is 4.53. The van der Waals surface area contributed by atoms with Crippen LogP contribution in [-0.4, -0.2) is 73.8 Å². The van der Waals surface area contributed by atoms with E-state index in [0.29, 0.717) is 38.1 Å². The van der Waals surface area contributed by atoms with E-state index in [-0.39, 0.29) is 17.9 Å². The van der Waals surface area contributed by atoms with Crippen molar-refractivity contribution in [2.45, 2.75) is 48.6 Å². The molecule has 2 saturated carbocycles. The lowest BCUT2D eigenvalue weighted by Gasteiger charge is -2.23. The van der Waals surface area contributed by atoms with Gasteiger partial charge in [-0.1, -0.05) is 6.08 Å². The summed E-state index contributed by atoms with van der Waals surface area (Å²) in [7, 11) is -0.297. The number of nitrogens with zero attached hydrogens (tertiary/aromatic N) is 2. The zero-order valence-electron chi connectivity index (χ0n) is 20.3. The number of nitrogens with one attached hydrogen (secondary N) is 2. The van der Waals surface area contributed by atoms with Crippen LogP contribution >= 0.6 is 0 Å². The summed E-state index contributed by atoms with van der Waals surface area (Å²) < 4.78 is 38.3. The molecule has 10 nitrogen and oxygen atoms in total. The van der Waals surface area contributed by atoms with Crippen molar-refractivity contribution < 1.29 is 27.5 Å². The molecule has 0 bridgehead atoms. The van der Waals surface area contributed by atoms with Crippen molar-refractivity contribution in [3.05, 3.63) is 43.1 Å². The number of amides is 2. The van der Waals surface area contributed by atoms with E-state index in [0.717, 1.165) is 16.5 Å². The predicted octanol–water partition coefficient (Wildman–Crippen LogP) is 1.36. The quantitative estimate of drug-likeness (QED) is 0.481. The van der Waals surface area contributed by atoms with Crippen LogP contribution in [0.15, 0.2) is 43.1 Å². The fourth-order valence-corrected chi connectivity index (χ4v) is 6.23. The normalized spacial score (nSPS) is 27.9. The lowest BCUT2D eigenvalue weighted by atomic mass is 10.1. The summed E-state index contributed by atoms with van der Waals surface area (Å²) in [5.74, 6) is -0.159. The molecule has 0 spiro atoms. The average molecular weight is 515 g/mol. The minimum absolute atomic E-state index is 0.291. The third-order valence-electron chi connectivity index (χ3n) is 7.27. The van der Waals surface area contributed by atoms with Gasteiger partial charge in [0.25, 0.3) is 5.91 Å². The number of hydrogen-bond donors (Lipinski definition) is 2. The number of ether oxygens (including phenoxy) is 2. The molecular weight excluding hydrogens is 484 g/mol. The van der Waals surface area contributed by atoms with Gasteiger partial charge in [-0.15, -0.1) is 6.58 Å². The number of carbonyl (C=O) groups excluding carboxylic acids is 2. The van der Waals surface area contributed by atoms with Crippen molar-refractivity contribution in [3.63, 3.8) is 0 Å². The fourth-order valence-electron chi connectivity index (χ4n) is 4.87. The molecule has 2 aromatic rings. The van der Waals surface area contributed by atoms with Crippen molar-refractivity contribution in [1.29, 1.82) is 0 Å². The SMILES string of the molecule is C=C[C@@H]1C[C@]1(NC(=O)[C@@H]1C[C@@H](Oc2nccc3cc(OC)ccc23)CN1C)C(=O)NS(=O)(=O)C1CC1. The molecule has 11 heteroatoms. The largest absolute Gasteiger partial charge is 0.497 e. The van der Waals surface area contributed by atoms with Crippen LogP contribution in [0.25, 0.3) is 10.8 Å². The lowest BCUT2D eigenvalue weighted by Crippen LogP contribution is -2.55. The van der Waals surface area contributed by atoms with E-state index >= 15 is 0 Å². The van der Waals surface area contributed by atoms with Crippen LogP contribution in [0.4, 0.5) is 0 Å². The van der Waals surface area contributed by atoms with Crippen LogP contribution < -0.4 is 19.5 Å². The summed E-state index contributed by atoms with van der Waals surface area (Å²) in [6.07, 6.45) is 4.75. The Morgan fingerprint density at radius 2 is 2.06 bits per heavy atom. The van der Waals surface area contributed by atoms with Gasteiger partial charge in [0.05, 0.1) is 18.4 Å². The third-order valence-corrected chi connectivity index (χ3v) is 9.09. The van der Waals surface area contributed by atoms with Crippen molar-refractivity contribution in [3.8, 4) is 11.6 Å². The summed E-state index contributed by atoms with van der Waals surface area (Å²) in [6.45, 7) is 4.23. The Morgan fingerprint density at radius 1 is 1.28 bits per heavy atom. The molecule has 3 aliphatic rings. The van der Waals surface area contributed by atoms with Gasteiger partial charge in [-0.3, -0.25) is 19.2 Å². The van der Waals surface area contributed by atoms with E-state index in [1.165, 1.54) is 0 Å². The molecule has 2 heterocycles.